The van der Waals surface area contributed by atoms with Crippen LogP contribution >= 0.6 is 0 Å². The minimum absolute atomic E-state index is 0.624. The highest BCUT2D eigenvalue weighted by Gasteiger charge is 2.39. The summed E-state index contributed by atoms with van der Waals surface area (Å²) in [6.07, 6.45) is 4.49. The highest BCUT2D eigenvalue weighted by Crippen LogP contribution is 2.43. The quantitative estimate of drug-likeness (QED) is 0.740. The highest BCUT2D eigenvalue weighted by atomic mass is 28.3. The molecule has 92 valence electrons. The van der Waals surface area contributed by atoms with Gasteiger partial charge in [0.1, 0.15) is 0 Å². The average molecular weight is 254 g/mol. The molecule has 0 amide bonds. The van der Waals surface area contributed by atoms with Crippen molar-refractivity contribution in [1.82, 2.24) is 0 Å². The zero-order valence-corrected chi connectivity index (χ0v) is 13.9. The van der Waals surface area contributed by atoms with Crippen molar-refractivity contribution in [2.24, 2.45) is 11.7 Å². The smallest absolute Gasteiger partial charge is 0.0728 e. The van der Waals surface area contributed by atoms with E-state index in [1.807, 2.05) is 0 Å². The fraction of sp³-hybridized carbons (Fsp3) is 0.692. The van der Waals surface area contributed by atoms with Crippen LogP contribution in [0.4, 0.5) is 0 Å². The maximum Gasteiger partial charge on any atom is 0.0728 e. The van der Waals surface area contributed by atoms with Gasteiger partial charge in [-0.15, -0.1) is 0 Å². The summed E-state index contributed by atoms with van der Waals surface area (Å²) in [5.74, 6) is 0.656. The van der Waals surface area contributed by atoms with Crippen molar-refractivity contribution in [3.8, 4) is 0 Å². The van der Waals surface area contributed by atoms with E-state index in [-0.39, 0.29) is 0 Å². The van der Waals surface area contributed by atoms with Crippen molar-refractivity contribution in [3.63, 3.8) is 0 Å². The van der Waals surface area contributed by atoms with E-state index in [0.717, 1.165) is 5.70 Å². The van der Waals surface area contributed by atoms with Crippen LogP contribution in [0.15, 0.2) is 23.0 Å². The Hall–Kier alpha value is -0.286. The van der Waals surface area contributed by atoms with Gasteiger partial charge < -0.3 is 5.73 Å². The molecule has 0 saturated carbocycles. The van der Waals surface area contributed by atoms with Gasteiger partial charge in [-0.3, -0.25) is 0 Å². The second kappa shape index (κ2) is 4.19. The molecular formula is C13H27NSi2. The van der Waals surface area contributed by atoms with Gasteiger partial charge in [0, 0.05) is 5.70 Å². The molecule has 0 radical (unpaired) electrons. The van der Waals surface area contributed by atoms with Gasteiger partial charge >= 0.3 is 0 Å². The largest absolute Gasteiger partial charge is 0.402 e. The van der Waals surface area contributed by atoms with Crippen LogP contribution in [0.5, 0.6) is 0 Å². The molecule has 2 N–H and O–H groups in total. The maximum atomic E-state index is 6.23. The molecule has 0 bridgehead atoms. The molecular weight excluding hydrogens is 226 g/mol. The third-order valence-corrected chi connectivity index (χ3v) is 8.66. The van der Waals surface area contributed by atoms with Crippen LogP contribution in [-0.2, 0) is 0 Å². The van der Waals surface area contributed by atoms with E-state index < -0.39 is 16.1 Å². The Bertz CT molecular complexity index is 329. The highest BCUT2D eigenvalue weighted by molar-refractivity contribution is 6.84. The summed E-state index contributed by atoms with van der Waals surface area (Å²) in [7, 11) is -2.40. The average Bonchev–Trinajstić information content (AvgIpc) is 1.97. The SMILES string of the molecule is CC1C([Si](C)(C)C)=CC=C(N)C1[Si](C)(C)C. The third-order valence-electron chi connectivity index (χ3n) is 3.60. The summed E-state index contributed by atoms with van der Waals surface area (Å²) in [5, 5.41) is 1.69. The van der Waals surface area contributed by atoms with Crippen molar-refractivity contribution in [2.45, 2.75) is 51.7 Å². The number of hydrogen-bond donors (Lipinski definition) is 1. The molecule has 0 aromatic carbocycles. The van der Waals surface area contributed by atoms with E-state index in [2.05, 4.69) is 58.4 Å². The Kier molecular flexibility index (Phi) is 3.60. The van der Waals surface area contributed by atoms with Crippen LogP contribution in [0.1, 0.15) is 6.92 Å². The molecule has 3 heteroatoms. The van der Waals surface area contributed by atoms with Gasteiger partial charge in [0.05, 0.1) is 16.1 Å². The molecule has 0 aromatic heterocycles. The van der Waals surface area contributed by atoms with Gasteiger partial charge in [-0.05, 0) is 17.5 Å². The Morgan fingerprint density at radius 1 is 1.00 bits per heavy atom. The van der Waals surface area contributed by atoms with Crippen LogP contribution in [0.3, 0.4) is 0 Å². The van der Waals surface area contributed by atoms with Crippen LogP contribution in [-0.4, -0.2) is 16.1 Å². The Morgan fingerprint density at radius 2 is 1.50 bits per heavy atom. The van der Waals surface area contributed by atoms with E-state index in [1.165, 1.54) is 0 Å². The van der Waals surface area contributed by atoms with E-state index in [0.29, 0.717) is 11.5 Å². The molecule has 0 aliphatic heterocycles. The molecule has 16 heavy (non-hydrogen) atoms. The molecule has 0 fully saturated rings. The summed E-state index contributed by atoms with van der Waals surface area (Å²) in [4.78, 5) is 0. The molecule has 0 aromatic rings. The normalized spacial score (nSPS) is 27.4. The molecule has 0 heterocycles. The number of rotatable bonds is 2. The lowest BCUT2D eigenvalue weighted by Crippen LogP contribution is -2.42. The summed E-state index contributed by atoms with van der Waals surface area (Å²) >= 11 is 0. The molecule has 0 spiro atoms. The number of hydrogen-bond acceptors (Lipinski definition) is 1. The van der Waals surface area contributed by atoms with Crippen molar-refractivity contribution in [2.75, 3.05) is 0 Å². The standard InChI is InChI=1S/C13H27NSi2/c1-10-12(15(2,3)4)9-8-11(14)13(10)16(5,6)7/h8-10,13H,14H2,1-7H3. The summed E-state index contributed by atoms with van der Waals surface area (Å²) < 4.78 is 0. The lowest BCUT2D eigenvalue weighted by molar-refractivity contribution is 0.659. The summed E-state index contributed by atoms with van der Waals surface area (Å²) in [6, 6.07) is 0. The van der Waals surface area contributed by atoms with Gasteiger partial charge in [0.25, 0.3) is 0 Å². The molecule has 1 aliphatic carbocycles. The Labute approximate surface area is 103 Å². The predicted octanol–water partition coefficient (Wildman–Crippen LogP) is 3.99. The Balaban J connectivity index is 3.14. The topological polar surface area (TPSA) is 26.0 Å². The first-order chi connectivity index (χ1) is 7.05. The molecule has 2 unspecified atom stereocenters. The van der Waals surface area contributed by atoms with E-state index >= 15 is 0 Å². The van der Waals surface area contributed by atoms with Gasteiger partial charge in [-0.1, -0.05) is 57.5 Å². The molecule has 1 aliphatic rings. The fourth-order valence-electron chi connectivity index (χ4n) is 3.09. The Morgan fingerprint density at radius 3 is 1.88 bits per heavy atom. The molecule has 1 nitrogen and oxygen atoms in total. The van der Waals surface area contributed by atoms with E-state index in [1.54, 1.807) is 5.20 Å². The maximum absolute atomic E-state index is 6.23. The van der Waals surface area contributed by atoms with Gasteiger partial charge in [0.15, 0.2) is 0 Å². The molecule has 2 atom stereocenters. The predicted molar refractivity (Wildman–Crippen MR) is 80.0 cm³/mol. The second-order valence-electron chi connectivity index (χ2n) is 7.17. The minimum atomic E-state index is -1.22. The zero-order chi connectivity index (χ0) is 12.7. The third kappa shape index (κ3) is 2.69. The number of allylic oxidation sites excluding steroid dienone is 4. The van der Waals surface area contributed by atoms with Crippen LogP contribution < -0.4 is 5.73 Å². The van der Waals surface area contributed by atoms with E-state index in [4.69, 9.17) is 5.73 Å². The van der Waals surface area contributed by atoms with Crippen molar-refractivity contribution >= 4 is 16.1 Å². The zero-order valence-electron chi connectivity index (χ0n) is 11.9. The monoisotopic (exact) mass is 253 g/mol. The van der Waals surface area contributed by atoms with Gasteiger partial charge in [0.2, 0.25) is 0 Å². The van der Waals surface area contributed by atoms with Crippen LogP contribution in [0, 0.1) is 5.92 Å². The fourth-order valence-corrected chi connectivity index (χ4v) is 8.15. The van der Waals surface area contributed by atoms with Crippen LogP contribution in [0.2, 0.25) is 44.8 Å². The first-order valence-electron chi connectivity index (χ1n) is 6.23. The first-order valence-corrected chi connectivity index (χ1v) is 13.3. The second-order valence-corrected chi connectivity index (χ2v) is 17.6. The van der Waals surface area contributed by atoms with Gasteiger partial charge in [-0.25, -0.2) is 0 Å². The lowest BCUT2D eigenvalue weighted by Gasteiger charge is -2.41. The molecule has 0 saturated heterocycles. The van der Waals surface area contributed by atoms with Crippen LogP contribution in [0.25, 0.3) is 0 Å². The summed E-state index contributed by atoms with van der Waals surface area (Å²) in [5.41, 5.74) is 7.97. The molecule has 1 rings (SSSR count). The summed E-state index contributed by atoms with van der Waals surface area (Å²) in [6.45, 7) is 17.0. The minimum Gasteiger partial charge on any atom is -0.402 e. The lowest BCUT2D eigenvalue weighted by atomic mass is 9.99. The van der Waals surface area contributed by atoms with Crippen molar-refractivity contribution in [3.05, 3.63) is 23.0 Å². The van der Waals surface area contributed by atoms with Gasteiger partial charge in [-0.2, -0.15) is 0 Å². The first kappa shape index (κ1) is 13.8. The van der Waals surface area contributed by atoms with E-state index in [9.17, 15) is 0 Å². The van der Waals surface area contributed by atoms with Crippen molar-refractivity contribution in [1.29, 1.82) is 0 Å². The number of nitrogens with two attached hydrogens (primary N) is 1. The van der Waals surface area contributed by atoms with Crippen molar-refractivity contribution < 1.29 is 0 Å².